The van der Waals surface area contributed by atoms with E-state index >= 15 is 0 Å². The second-order valence-corrected chi connectivity index (χ2v) is 7.03. The summed E-state index contributed by atoms with van der Waals surface area (Å²) in [5.74, 6) is 0.846. The molecule has 3 heteroatoms. The van der Waals surface area contributed by atoms with Gasteiger partial charge in [-0.05, 0) is 43.9 Å². The molecular formula is C16H34N2O. The van der Waals surface area contributed by atoms with Crippen LogP contribution in [0.25, 0.3) is 0 Å². The standard InChI is InChI=1S/C16H34N2O/c1-6-15(3,4)14-7-9-16(12-17,10-8-14)18-11-13(2)19-5/h13-14,18H,6-12,17H2,1-5H3. The summed E-state index contributed by atoms with van der Waals surface area (Å²) < 4.78 is 5.32. The lowest BCUT2D eigenvalue weighted by atomic mass is 9.65. The zero-order valence-corrected chi connectivity index (χ0v) is 13.6. The van der Waals surface area contributed by atoms with E-state index in [-0.39, 0.29) is 11.6 Å². The molecule has 0 aromatic heterocycles. The van der Waals surface area contributed by atoms with Gasteiger partial charge in [0.1, 0.15) is 0 Å². The third-order valence-electron chi connectivity index (χ3n) is 5.52. The van der Waals surface area contributed by atoms with Crippen LogP contribution in [-0.4, -0.2) is 31.8 Å². The van der Waals surface area contributed by atoms with Crippen molar-refractivity contribution in [3.8, 4) is 0 Å². The summed E-state index contributed by atoms with van der Waals surface area (Å²) in [5, 5.41) is 3.68. The van der Waals surface area contributed by atoms with E-state index in [2.05, 4.69) is 33.0 Å². The van der Waals surface area contributed by atoms with Crippen LogP contribution >= 0.6 is 0 Å². The maximum atomic E-state index is 6.05. The zero-order chi connectivity index (χ0) is 14.5. The zero-order valence-electron chi connectivity index (χ0n) is 13.6. The second-order valence-electron chi connectivity index (χ2n) is 7.03. The summed E-state index contributed by atoms with van der Waals surface area (Å²) >= 11 is 0. The van der Waals surface area contributed by atoms with Crippen LogP contribution < -0.4 is 11.1 Å². The third kappa shape index (κ3) is 4.44. The molecular weight excluding hydrogens is 236 g/mol. The summed E-state index contributed by atoms with van der Waals surface area (Å²) in [7, 11) is 1.77. The highest BCUT2D eigenvalue weighted by Crippen LogP contribution is 2.43. The topological polar surface area (TPSA) is 47.3 Å². The molecule has 19 heavy (non-hydrogen) atoms. The van der Waals surface area contributed by atoms with Gasteiger partial charge in [-0.25, -0.2) is 0 Å². The SMILES string of the molecule is CCC(C)(C)C1CCC(CN)(NCC(C)OC)CC1. The molecule has 0 amide bonds. The van der Waals surface area contributed by atoms with Crippen molar-refractivity contribution < 1.29 is 4.74 Å². The minimum absolute atomic E-state index is 0.146. The van der Waals surface area contributed by atoms with Gasteiger partial charge in [-0.2, -0.15) is 0 Å². The molecule has 0 saturated heterocycles. The van der Waals surface area contributed by atoms with Crippen molar-refractivity contribution in [1.29, 1.82) is 0 Å². The molecule has 3 nitrogen and oxygen atoms in total. The summed E-state index contributed by atoms with van der Waals surface area (Å²) in [4.78, 5) is 0. The fourth-order valence-electron chi connectivity index (χ4n) is 3.14. The maximum Gasteiger partial charge on any atom is 0.0667 e. The summed E-state index contributed by atoms with van der Waals surface area (Å²) in [5.41, 5.74) is 6.67. The first-order chi connectivity index (χ1) is 8.89. The molecule has 1 atom stereocenters. The summed E-state index contributed by atoms with van der Waals surface area (Å²) in [6.45, 7) is 10.9. The molecule has 0 spiro atoms. The van der Waals surface area contributed by atoms with Crippen LogP contribution in [0.3, 0.4) is 0 Å². The van der Waals surface area contributed by atoms with Crippen molar-refractivity contribution in [2.24, 2.45) is 17.1 Å². The molecule has 0 aromatic carbocycles. The monoisotopic (exact) mass is 270 g/mol. The van der Waals surface area contributed by atoms with E-state index in [4.69, 9.17) is 10.5 Å². The summed E-state index contributed by atoms with van der Waals surface area (Å²) in [6.07, 6.45) is 6.52. The Bertz CT molecular complexity index is 257. The third-order valence-corrected chi connectivity index (χ3v) is 5.52. The van der Waals surface area contributed by atoms with Gasteiger partial charge in [-0.15, -0.1) is 0 Å². The van der Waals surface area contributed by atoms with Crippen LogP contribution in [0.1, 0.15) is 59.8 Å². The van der Waals surface area contributed by atoms with E-state index in [9.17, 15) is 0 Å². The lowest BCUT2D eigenvalue weighted by Gasteiger charge is -2.45. The first-order valence-electron chi connectivity index (χ1n) is 7.87. The van der Waals surface area contributed by atoms with Crippen LogP contribution in [0, 0.1) is 11.3 Å². The molecule has 0 aromatic rings. The van der Waals surface area contributed by atoms with Gasteiger partial charge in [0, 0.05) is 25.7 Å². The van der Waals surface area contributed by atoms with Crippen LogP contribution in [0.5, 0.6) is 0 Å². The Labute approximate surface area is 119 Å². The highest BCUT2D eigenvalue weighted by Gasteiger charge is 2.38. The van der Waals surface area contributed by atoms with Gasteiger partial charge in [0.2, 0.25) is 0 Å². The average molecular weight is 270 g/mol. The van der Waals surface area contributed by atoms with Crippen LogP contribution in [-0.2, 0) is 4.74 Å². The summed E-state index contributed by atoms with van der Waals surface area (Å²) in [6, 6.07) is 0. The molecule has 0 radical (unpaired) electrons. The quantitative estimate of drug-likeness (QED) is 0.748. The molecule has 1 saturated carbocycles. The van der Waals surface area contributed by atoms with Gasteiger partial charge in [0.25, 0.3) is 0 Å². The molecule has 1 unspecified atom stereocenters. The van der Waals surface area contributed by atoms with E-state index in [0.29, 0.717) is 5.41 Å². The van der Waals surface area contributed by atoms with E-state index < -0.39 is 0 Å². The van der Waals surface area contributed by atoms with Gasteiger partial charge in [-0.1, -0.05) is 27.2 Å². The fourth-order valence-corrected chi connectivity index (χ4v) is 3.14. The first kappa shape index (κ1) is 16.9. The van der Waals surface area contributed by atoms with Crippen molar-refractivity contribution in [3.05, 3.63) is 0 Å². The smallest absolute Gasteiger partial charge is 0.0667 e. The predicted molar refractivity (Wildman–Crippen MR) is 82.3 cm³/mol. The van der Waals surface area contributed by atoms with Crippen molar-refractivity contribution in [2.45, 2.75) is 71.4 Å². The van der Waals surface area contributed by atoms with Crippen molar-refractivity contribution in [2.75, 3.05) is 20.2 Å². The molecule has 1 aliphatic carbocycles. The van der Waals surface area contributed by atoms with Crippen LogP contribution in [0.2, 0.25) is 0 Å². The molecule has 0 heterocycles. The van der Waals surface area contributed by atoms with Gasteiger partial charge < -0.3 is 15.8 Å². The molecule has 1 rings (SSSR count). The lowest BCUT2D eigenvalue weighted by Crippen LogP contribution is -2.55. The molecule has 0 aliphatic heterocycles. The van der Waals surface area contributed by atoms with E-state index in [1.165, 1.54) is 32.1 Å². The van der Waals surface area contributed by atoms with Gasteiger partial charge in [0.05, 0.1) is 6.10 Å². The molecule has 1 aliphatic rings. The molecule has 1 fully saturated rings. The minimum Gasteiger partial charge on any atom is -0.380 e. The average Bonchev–Trinajstić information content (AvgIpc) is 2.45. The Balaban J connectivity index is 2.52. The Morgan fingerprint density at radius 3 is 2.37 bits per heavy atom. The highest BCUT2D eigenvalue weighted by molar-refractivity contribution is 4.96. The number of ether oxygens (including phenoxy) is 1. The van der Waals surface area contributed by atoms with Gasteiger partial charge in [0.15, 0.2) is 0 Å². The number of rotatable bonds is 7. The fraction of sp³-hybridized carbons (Fsp3) is 1.00. The Kier molecular flexibility index (Phi) is 6.28. The number of nitrogens with two attached hydrogens (primary N) is 1. The lowest BCUT2D eigenvalue weighted by molar-refractivity contribution is 0.0766. The molecule has 114 valence electrons. The van der Waals surface area contributed by atoms with Crippen LogP contribution in [0.15, 0.2) is 0 Å². The number of methoxy groups -OCH3 is 1. The van der Waals surface area contributed by atoms with Crippen LogP contribution in [0.4, 0.5) is 0 Å². The van der Waals surface area contributed by atoms with Gasteiger partial charge >= 0.3 is 0 Å². The predicted octanol–water partition coefficient (Wildman–Crippen LogP) is 2.93. The largest absolute Gasteiger partial charge is 0.380 e. The van der Waals surface area contributed by atoms with E-state index in [1.807, 2.05) is 0 Å². The molecule has 3 N–H and O–H groups in total. The first-order valence-corrected chi connectivity index (χ1v) is 7.87. The normalized spacial score (nSPS) is 30.3. The number of hydrogen-bond acceptors (Lipinski definition) is 3. The Hall–Kier alpha value is -0.120. The van der Waals surface area contributed by atoms with Crippen molar-refractivity contribution in [1.82, 2.24) is 5.32 Å². The second kappa shape index (κ2) is 7.05. The number of nitrogens with one attached hydrogen (secondary N) is 1. The number of hydrogen-bond donors (Lipinski definition) is 2. The molecule has 0 bridgehead atoms. The Morgan fingerprint density at radius 2 is 1.95 bits per heavy atom. The maximum absolute atomic E-state index is 6.05. The van der Waals surface area contributed by atoms with Crippen molar-refractivity contribution in [3.63, 3.8) is 0 Å². The van der Waals surface area contributed by atoms with Crippen molar-refractivity contribution >= 4 is 0 Å². The minimum atomic E-state index is 0.146. The Morgan fingerprint density at radius 1 is 1.37 bits per heavy atom. The van der Waals surface area contributed by atoms with E-state index in [0.717, 1.165) is 19.0 Å². The highest BCUT2D eigenvalue weighted by atomic mass is 16.5. The van der Waals surface area contributed by atoms with E-state index in [1.54, 1.807) is 7.11 Å². The van der Waals surface area contributed by atoms with Gasteiger partial charge in [-0.3, -0.25) is 0 Å².